The average Bonchev–Trinajstić information content (AvgIpc) is 3.19. The van der Waals surface area contributed by atoms with Crippen LogP contribution >= 0.6 is 0 Å². The number of carbonyl (C=O) groups is 2. The third kappa shape index (κ3) is 4.41. The predicted molar refractivity (Wildman–Crippen MR) is 104 cm³/mol. The Morgan fingerprint density at radius 1 is 0.846 bits per heavy atom. The molecule has 1 saturated carbocycles. The molecular weight excluding hydrogens is 326 g/mol. The van der Waals surface area contributed by atoms with Gasteiger partial charge in [0, 0.05) is 0 Å². The largest absolute Gasteiger partial charge is 0.326 e. The second-order valence-corrected chi connectivity index (χ2v) is 8.76. The highest BCUT2D eigenvalue weighted by Crippen LogP contribution is 2.37. The first-order valence-corrected chi connectivity index (χ1v) is 11.0. The van der Waals surface area contributed by atoms with Crippen molar-refractivity contribution >= 4 is 11.9 Å². The van der Waals surface area contributed by atoms with Gasteiger partial charge in [-0.3, -0.25) is 19.9 Å². The van der Waals surface area contributed by atoms with E-state index in [2.05, 4.69) is 10.2 Å². The van der Waals surface area contributed by atoms with E-state index in [-0.39, 0.29) is 17.9 Å². The molecule has 0 aromatic rings. The molecule has 5 nitrogen and oxygen atoms in total. The lowest BCUT2D eigenvalue weighted by atomic mass is 9.77. The fourth-order valence-electron chi connectivity index (χ4n) is 5.09. The number of amides is 3. The van der Waals surface area contributed by atoms with Crippen molar-refractivity contribution in [2.24, 2.45) is 5.92 Å². The highest BCUT2D eigenvalue weighted by molar-refractivity contribution is 6.06. The number of rotatable bonds is 3. The summed E-state index contributed by atoms with van der Waals surface area (Å²) in [5.41, 5.74) is -0.677. The number of nitrogens with zero attached hydrogens (tertiary/aromatic N) is 2. The second-order valence-electron chi connectivity index (χ2n) is 8.76. The summed E-state index contributed by atoms with van der Waals surface area (Å²) in [5, 5.41) is 2.64. The maximum absolute atomic E-state index is 12.9. The van der Waals surface area contributed by atoms with Crippen LogP contribution in [0.3, 0.4) is 0 Å². The third-order valence-electron chi connectivity index (χ3n) is 6.93. The Kier molecular flexibility index (Phi) is 6.96. The van der Waals surface area contributed by atoms with Gasteiger partial charge in [-0.2, -0.15) is 0 Å². The maximum Gasteiger partial charge on any atom is 0.326 e. The molecule has 3 aliphatic rings. The topological polar surface area (TPSA) is 52.7 Å². The van der Waals surface area contributed by atoms with Crippen molar-refractivity contribution in [3.63, 3.8) is 0 Å². The summed E-state index contributed by atoms with van der Waals surface area (Å²) in [4.78, 5) is 29.6. The van der Waals surface area contributed by atoms with E-state index in [4.69, 9.17) is 0 Å². The number of imide groups is 1. The lowest BCUT2D eigenvalue weighted by Gasteiger charge is -2.40. The summed E-state index contributed by atoms with van der Waals surface area (Å²) < 4.78 is 0. The van der Waals surface area contributed by atoms with Gasteiger partial charge < -0.3 is 0 Å². The molecule has 0 aromatic heterocycles. The summed E-state index contributed by atoms with van der Waals surface area (Å²) in [6, 6.07) is -0.185. The summed E-state index contributed by atoms with van der Waals surface area (Å²) >= 11 is 0. The molecule has 1 atom stereocenters. The van der Waals surface area contributed by atoms with E-state index in [0.29, 0.717) is 6.67 Å². The van der Waals surface area contributed by atoms with E-state index < -0.39 is 5.54 Å². The summed E-state index contributed by atoms with van der Waals surface area (Å²) in [6.07, 6.45) is 16.1. The van der Waals surface area contributed by atoms with E-state index in [0.717, 1.165) is 25.9 Å². The Hall–Kier alpha value is -1.10. The van der Waals surface area contributed by atoms with Crippen LogP contribution in [0.25, 0.3) is 0 Å². The first-order valence-electron chi connectivity index (χ1n) is 11.0. The minimum atomic E-state index is -0.677. The quantitative estimate of drug-likeness (QED) is 0.762. The molecule has 1 unspecified atom stereocenters. The van der Waals surface area contributed by atoms with Gasteiger partial charge in [0.15, 0.2) is 0 Å². The highest BCUT2D eigenvalue weighted by atomic mass is 16.2. The summed E-state index contributed by atoms with van der Waals surface area (Å²) in [7, 11) is 0. The van der Waals surface area contributed by atoms with Crippen molar-refractivity contribution in [2.75, 3.05) is 19.8 Å². The first-order chi connectivity index (χ1) is 12.6. The molecule has 2 saturated heterocycles. The fourth-order valence-corrected chi connectivity index (χ4v) is 5.09. The van der Waals surface area contributed by atoms with Crippen molar-refractivity contribution in [1.29, 1.82) is 0 Å². The van der Waals surface area contributed by atoms with Crippen molar-refractivity contribution in [3.05, 3.63) is 0 Å². The molecule has 148 valence electrons. The van der Waals surface area contributed by atoms with E-state index in [9.17, 15) is 9.59 Å². The zero-order valence-electron chi connectivity index (χ0n) is 16.6. The Balaban J connectivity index is 1.72. The number of hydrogen-bond acceptors (Lipinski definition) is 3. The Labute approximate surface area is 158 Å². The van der Waals surface area contributed by atoms with E-state index >= 15 is 0 Å². The first kappa shape index (κ1) is 19.7. The zero-order valence-corrected chi connectivity index (χ0v) is 16.6. The van der Waals surface area contributed by atoms with Gasteiger partial charge >= 0.3 is 6.03 Å². The third-order valence-corrected chi connectivity index (χ3v) is 6.93. The fraction of sp³-hybridized carbons (Fsp3) is 0.905. The predicted octanol–water partition coefficient (Wildman–Crippen LogP) is 4.27. The van der Waals surface area contributed by atoms with Crippen LogP contribution in [0.2, 0.25) is 0 Å². The summed E-state index contributed by atoms with van der Waals surface area (Å²) in [6.45, 7) is 4.71. The van der Waals surface area contributed by atoms with Crippen LogP contribution in [-0.4, -0.2) is 47.0 Å². The van der Waals surface area contributed by atoms with Gasteiger partial charge in [0.1, 0.15) is 5.54 Å². The van der Waals surface area contributed by atoms with Gasteiger partial charge in [-0.25, -0.2) is 4.79 Å². The summed E-state index contributed by atoms with van der Waals surface area (Å²) in [5.74, 6) is 0.203. The molecule has 26 heavy (non-hydrogen) atoms. The number of nitrogens with one attached hydrogen (secondary N) is 1. The van der Waals surface area contributed by atoms with Gasteiger partial charge in [-0.1, -0.05) is 57.8 Å². The Bertz CT molecular complexity index is 478. The SMILES string of the molecule is CC1(C2CCCCCCCCCCC2)C(=O)NC(=O)N1CN1CCCC1. The van der Waals surface area contributed by atoms with E-state index in [1.165, 1.54) is 70.6 Å². The van der Waals surface area contributed by atoms with Crippen LogP contribution < -0.4 is 5.32 Å². The zero-order chi connectivity index (χ0) is 18.4. The molecule has 3 rings (SSSR count). The lowest BCUT2D eigenvalue weighted by Crippen LogP contribution is -2.55. The van der Waals surface area contributed by atoms with E-state index in [1.807, 2.05) is 11.8 Å². The molecule has 0 bridgehead atoms. The minimum Gasteiger partial charge on any atom is -0.297 e. The number of likely N-dealkylation sites (tertiary alicyclic amines) is 1. The van der Waals surface area contributed by atoms with Gasteiger partial charge in [0.05, 0.1) is 6.67 Å². The van der Waals surface area contributed by atoms with Crippen LogP contribution in [-0.2, 0) is 4.79 Å². The van der Waals surface area contributed by atoms with Gasteiger partial charge in [-0.05, 0) is 51.6 Å². The standard InChI is InChI=1S/C21H37N3O2/c1-21(18-13-9-7-5-3-2-4-6-8-10-14-18)19(25)22-20(26)24(21)17-23-15-11-12-16-23/h18H,2-17H2,1H3,(H,22,25,26). The Morgan fingerprint density at radius 3 is 1.88 bits per heavy atom. The molecule has 3 amide bonds. The van der Waals surface area contributed by atoms with Crippen molar-refractivity contribution in [3.8, 4) is 0 Å². The molecule has 0 radical (unpaired) electrons. The molecule has 0 spiro atoms. The molecular formula is C21H37N3O2. The molecule has 1 aliphatic carbocycles. The van der Waals surface area contributed by atoms with Crippen LogP contribution in [0, 0.1) is 5.92 Å². The minimum absolute atomic E-state index is 0.0706. The maximum atomic E-state index is 12.9. The lowest BCUT2D eigenvalue weighted by molar-refractivity contribution is -0.129. The number of carbonyl (C=O) groups excluding carboxylic acids is 2. The number of hydrogen-bond donors (Lipinski definition) is 1. The average molecular weight is 364 g/mol. The van der Waals surface area contributed by atoms with Gasteiger partial charge in [0.2, 0.25) is 0 Å². The molecule has 2 heterocycles. The van der Waals surface area contributed by atoms with Crippen molar-refractivity contribution < 1.29 is 9.59 Å². The second kappa shape index (κ2) is 9.20. The van der Waals surface area contributed by atoms with Crippen molar-refractivity contribution in [1.82, 2.24) is 15.1 Å². The van der Waals surface area contributed by atoms with Crippen molar-refractivity contribution in [2.45, 2.75) is 95.9 Å². The number of urea groups is 1. The normalized spacial score (nSPS) is 30.9. The highest BCUT2D eigenvalue weighted by Gasteiger charge is 2.53. The molecule has 2 aliphatic heterocycles. The monoisotopic (exact) mass is 363 g/mol. The smallest absolute Gasteiger partial charge is 0.297 e. The van der Waals surface area contributed by atoms with Gasteiger partial charge in [-0.15, -0.1) is 0 Å². The molecule has 5 heteroatoms. The van der Waals surface area contributed by atoms with Gasteiger partial charge in [0.25, 0.3) is 5.91 Å². The van der Waals surface area contributed by atoms with Crippen LogP contribution in [0.1, 0.15) is 90.4 Å². The molecule has 3 fully saturated rings. The van der Waals surface area contributed by atoms with E-state index in [1.54, 1.807) is 0 Å². The van der Waals surface area contributed by atoms with Crippen LogP contribution in [0.15, 0.2) is 0 Å². The van der Waals surface area contributed by atoms with Crippen LogP contribution in [0.4, 0.5) is 4.79 Å². The molecule has 0 aromatic carbocycles. The van der Waals surface area contributed by atoms with Crippen LogP contribution in [0.5, 0.6) is 0 Å². The molecule has 1 N–H and O–H groups in total. The Morgan fingerprint density at radius 2 is 1.35 bits per heavy atom.